The molecule has 1 N–H and O–H groups in total. The predicted molar refractivity (Wildman–Crippen MR) is 64.9 cm³/mol. The largest absolute Gasteiger partial charge is 0.430 e. The van der Waals surface area contributed by atoms with Crippen molar-refractivity contribution in [3.8, 4) is 10.9 Å². The van der Waals surface area contributed by atoms with Gasteiger partial charge in [-0.15, -0.1) is 5.10 Å². The molecule has 0 aliphatic carbocycles. The van der Waals surface area contributed by atoms with Crippen LogP contribution in [0.3, 0.4) is 0 Å². The Balaban J connectivity index is 2.05. The van der Waals surface area contributed by atoms with Gasteiger partial charge in [0.15, 0.2) is 3.92 Å². The summed E-state index contributed by atoms with van der Waals surface area (Å²) in [5, 5.41) is 16.9. The minimum atomic E-state index is 0.156. The third kappa shape index (κ3) is 3.01. The lowest BCUT2D eigenvalue weighted by Gasteiger charge is -2.02. The van der Waals surface area contributed by atoms with E-state index in [0.29, 0.717) is 21.3 Å². The zero-order chi connectivity index (χ0) is 11.4. The van der Waals surface area contributed by atoms with E-state index >= 15 is 0 Å². The molecule has 1 heterocycles. The first-order valence-corrected chi connectivity index (χ1v) is 6.25. The van der Waals surface area contributed by atoms with Crippen LogP contribution < -0.4 is 4.74 Å². The van der Waals surface area contributed by atoms with Gasteiger partial charge in [0.2, 0.25) is 0 Å². The molecule has 84 valence electrons. The molecule has 2 rings (SSSR count). The third-order valence-corrected chi connectivity index (χ3v) is 3.14. The van der Waals surface area contributed by atoms with Crippen LogP contribution >= 0.6 is 27.3 Å². The quantitative estimate of drug-likeness (QED) is 0.943. The molecule has 4 nitrogen and oxygen atoms in total. The van der Waals surface area contributed by atoms with Crippen LogP contribution in [0, 0.1) is 0 Å². The van der Waals surface area contributed by atoms with E-state index in [4.69, 9.17) is 9.84 Å². The topological polar surface area (TPSA) is 55.2 Å². The normalized spacial score (nSPS) is 10.4. The summed E-state index contributed by atoms with van der Waals surface area (Å²) in [5.41, 5.74) is 1.08. The molecule has 0 fully saturated rings. The second-order valence-electron chi connectivity index (χ2n) is 3.04. The van der Waals surface area contributed by atoms with Crippen molar-refractivity contribution in [3.05, 3.63) is 33.7 Å². The zero-order valence-corrected chi connectivity index (χ0v) is 10.7. The first-order valence-electron chi connectivity index (χ1n) is 4.64. The maximum absolute atomic E-state index is 8.77. The molecular weight excluding hydrogens is 292 g/mol. The minimum absolute atomic E-state index is 0.156. The van der Waals surface area contributed by atoms with E-state index < -0.39 is 0 Å². The van der Waals surface area contributed by atoms with Crippen molar-refractivity contribution in [1.82, 2.24) is 10.2 Å². The van der Waals surface area contributed by atoms with Crippen LogP contribution in [0.4, 0.5) is 0 Å². The number of aliphatic hydroxyl groups is 1. The molecule has 6 heteroatoms. The number of benzene rings is 1. The number of rotatable bonds is 4. The van der Waals surface area contributed by atoms with Crippen LogP contribution in [0.25, 0.3) is 0 Å². The van der Waals surface area contributed by atoms with Gasteiger partial charge in [0.05, 0.1) is 0 Å². The number of hydrogen-bond donors (Lipinski definition) is 1. The Morgan fingerprint density at radius 1 is 1.25 bits per heavy atom. The predicted octanol–water partition coefficient (Wildman–Crippen LogP) is 2.63. The Morgan fingerprint density at radius 3 is 2.56 bits per heavy atom. The maximum Gasteiger partial charge on any atom is 0.300 e. The lowest BCUT2D eigenvalue weighted by molar-refractivity contribution is 0.299. The Hall–Kier alpha value is -0.980. The van der Waals surface area contributed by atoms with E-state index in [1.807, 2.05) is 24.3 Å². The Labute approximate surface area is 105 Å². The first-order chi connectivity index (χ1) is 7.78. The molecule has 16 heavy (non-hydrogen) atoms. The molecule has 0 atom stereocenters. The van der Waals surface area contributed by atoms with Crippen LogP contribution in [0.5, 0.6) is 10.9 Å². The van der Waals surface area contributed by atoms with E-state index in [2.05, 4.69) is 26.1 Å². The van der Waals surface area contributed by atoms with E-state index in [1.165, 1.54) is 11.3 Å². The summed E-state index contributed by atoms with van der Waals surface area (Å²) in [5.74, 6) is 0.713. The third-order valence-electron chi connectivity index (χ3n) is 1.91. The second kappa shape index (κ2) is 5.38. The van der Waals surface area contributed by atoms with Crippen molar-refractivity contribution in [2.24, 2.45) is 0 Å². The summed E-state index contributed by atoms with van der Waals surface area (Å²) in [6.45, 7) is 0.156. The number of aliphatic hydroxyl groups excluding tert-OH is 1. The Bertz CT molecular complexity index is 458. The van der Waals surface area contributed by atoms with E-state index in [0.717, 1.165) is 5.56 Å². The summed E-state index contributed by atoms with van der Waals surface area (Å²) >= 11 is 4.54. The summed E-state index contributed by atoms with van der Waals surface area (Å²) in [6.07, 6.45) is 0.657. The van der Waals surface area contributed by atoms with Crippen LogP contribution in [0.15, 0.2) is 28.2 Å². The molecule has 0 saturated carbocycles. The average Bonchev–Trinajstić information content (AvgIpc) is 2.67. The highest BCUT2D eigenvalue weighted by Crippen LogP contribution is 2.27. The highest BCUT2D eigenvalue weighted by Gasteiger charge is 2.03. The number of ether oxygens (including phenoxy) is 1. The number of aromatic nitrogens is 2. The van der Waals surface area contributed by atoms with Crippen molar-refractivity contribution >= 4 is 27.3 Å². The van der Waals surface area contributed by atoms with Gasteiger partial charge >= 0.3 is 0 Å². The standard InChI is InChI=1S/C10H9BrN2O2S/c11-9-12-13-10(16-9)15-8-3-1-7(2-4-8)5-6-14/h1-4,14H,5-6H2. The zero-order valence-electron chi connectivity index (χ0n) is 8.26. The Kier molecular flexibility index (Phi) is 3.87. The van der Waals surface area contributed by atoms with Gasteiger partial charge in [-0.05, 0) is 51.4 Å². The first kappa shape index (κ1) is 11.5. The van der Waals surface area contributed by atoms with Gasteiger partial charge in [0.25, 0.3) is 5.19 Å². The van der Waals surface area contributed by atoms with Crippen LogP contribution in [0.2, 0.25) is 0 Å². The number of hydrogen-bond acceptors (Lipinski definition) is 5. The summed E-state index contributed by atoms with van der Waals surface area (Å²) < 4.78 is 6.18. The van der Waals surface area contributed by atoms with Gasteiger partial charge in [-0.3, -0.25) is 0 Å². The van der Waals surface area contributed by atoms with Crippen LogP contribution in [-0.4, -0.2) is 21.9 Å². The highest BCUT2D eigenvalue weighted by molar-refractivity contribution is 9.11. The van der Waals surface area contributed by atoms with Gasteiger partial charge in [-0.2, -0.15) is 0 Å². The van der Waals surface area contributed by atoms with Crippen molar-refractivity contribution in [2.75, 3.05) is 6.61 Å². The van der Waals surface area contributed by atoms with Gasteiger partial charge in [0.1, 0.15) is 5.75 Å². The van der Waals surface area contributed by atoms with Gasteiger partial charge < -0.3 is 9.84 Å². The molecule has 0 spiro atoms. The van der Waals surface area contributed by atoms with Gasteiger partial charge in [0, 0.05) is 6.61 Å². The fourth-order valence-corrected chi connectivity index (χ4v) is 2.13. The van der Waals surface area contributed by atoms with Crippen molar-refractivity contribution in [3.63, 3.8) is 0 Å². The average molecular weight is 301 g/mol. The number of halogens is 1. The van der Waals surface area contributed by atoms with Gasteiger partial charge in [-0.1, -0.05) is 17.2 Å². The summed E-state index contributed by atoms with van der Waals surface area (Å²) in [6, 6.07) is 7.53. The smallest absolute Gasteiger partial charge is 0.300 e. The van der Waals surface area contributed by atoms with Crippen molar-refractivity contribution < 1.29 is 9.84 Å². The minimum Gasteiger partial charge on any atom is -0.430 e. The monoisotopic (exact) mass is 300 g/mol. The van der Waals surface area contributed by atoms with E-state index in [9.17, 15) is 0 Å². The summed E-state index contributed by atoms with van der Waals surface area (Å²) in [7, 11) is 0. The molecule has 2 aromatic rings. The lowest BCUT2D eigenvalue weighted by atomic mass is 10.1. The molecular formula is C10H9BrN2O2S. The lowest BCUT2D eigenvalue weighted by Crippen LogP contribution is -1.90. The molecule has 0 bridgehead atoms. The van der Waals surface area contributed by atoms with E-state index in [1.54, 1.807) is 0 Å². The molecule has 0 aliphatic heterocycles. The molecule has 0 radical (unpaired) electrons. The molecule has 0 amide bonds. The van der Waals surface area contributed by atoms with Crippen LogP contribution in [-0.2, 0) is 6.42 Å². The number of nitrogens with zero attached hydrogens (tertiary/aromatic N) is 2. The Morgan fingerprint density at radius 2 is 2.00 bits per heavy atom. The van der Waals surface area contributed by atoms with Crippen molar-refractivity contribution in [2.45, 2.75) is 6.42 Å². The second-order valence-corrected chi connectivity index (χ2v) is 5.26. The maximum atomic E-state index is 8.77. The molecule has 0 unspecified atom stereocenters. The SMILES string of the molecule is OCCc1ccc(Oc2nnc(Br)s2)cc1. The van der Waals surface area contributed by atoms with Crippen molar-refractivity contribution in [1.29, 1.82) is 0 Å². The highest BCUT2D eigenvalue weighted by atomic mass is 79.9. The van der Waals surface area contributed by atoms with Crippen LogP contribution in [0.1, 0.15) is 5.56 Å². The summed E-state index contributed by atoms with van der Waals surface area (Å²) in [4.78, 5) is 0. The van der Waals surface area contributed by atoms with E-state index in [-0.39, 0.29) is 6.61 Å². The fourth-order valence-electron chi connectivity index (χ4n) is 1.19. The molecule has 1 aromatic carbocycles. The molecule has 0 saturated heterocycles. The molecule has 1 aromatic heterocycles. The molecule has 0 aliphatic rings. The van der Waals surface area contributed by atoms with Gasteiger partial charge in [-0.25, -0.2) is 0 Å². The fraction of sp³-hybridized carbons (Fsp3) is 0.200.